The van der Waals surface area contributed by atoms with Gasteiger partial charge in [-0.2, -0.15) is 4.31 Å². The van der Waals surface area contributed by atoms with E-state index in [4.69, 9.17) is 16.3 Å². The fraction of sp³-hybridized carbons (Fsp3) is 0.409. The molecule has 0 bridgehead atoms. The molecule has 1 amide bonds. The van der Waals surface area contributed by atoms with Crippen LogP contribution in [0.2, 0.25) is 5.02 Å². The van der Waals surface area contributed by atoms with E-state index in [-0.39, 0.29) is 29.3 Å². The second kappa shape index (κ2) is 9.81. The first-order valence-electron chi connectivity index (χ1n) is 10.0. The van der Waals surface area contributed by atoms with E-state index in [9.17, 15) is 13.2 Å². The molecule has 1 saturated heterocycles. The number of amides is 1. The molecule has 0 radical (unpaired) electrons. The molecule has 1 heterocycles. The number of benzene rings is 2. The van der Waals surface area contributed by atoms with Crippen LogP contribution in [-0.2, 0) is 14.8 Å². The van der Waals surface area contributed by atoms with Crippen molar-refractivity contribution < 1.29 is 17.9 Å². The van der Waals surface area contributed by atoms with E-state index >= 15 is 0 Å². The normalized spacial score (nSPS) is 18.6. The molecule has 8 heteroatoms. The molecule has 1 N–H and O–H groups in total. The highest BCUT2D eigenvalue weighted by Crippen LogP contribution is 2.25. The molecule has 2 aromatic carbocycles. The minimum absolute atomic E-state index is 0.146. The van der Waals surface area contributed by atoms with Crippen molar-refractivity contribution >= 4 is 27.5 Å². The molecule has 30 heavy (non-hydrogen) atoms. The van der Waals surface area contributed by atoms with Crippen LogP contribution in [0, 0.1) is 12.8 Å². The zero-order chi connectivity index (χ0) is 21.7. The molecule has 1 fully saturated rings. The lowest BCUT2D eigenvalue weighted by Crippen LogP contribution is -2.48. The fourth-order valence-electron chi connectivity index (χ4n) is 3.47. The van der Waals surface area contributed by atoms with Gasteiger partial charge in [0.15, 0.2) is 0 Å². The average Bonchev–Trinajstić information content (AvgIpc) is 2.73. The number of sulfonamides is 1. The van der Waals surface area contributed by atoms with Crippen molar-refractivity contribution in [3.8, 4) is 5.75 Å². The Morgan fingerprint density at radius 3 is 2.63 bits per heavy atom. The number of carbonyl (C=O) groups is 1. The van der Waals surface area contributed by atoms with Crippen LogP contribution in [0.25, 0.3) is 0 Å². The largest absolute Gasteiger partial charge is 0.491 e. The van der Waals surface area contributed by atoms with Gasteiger partial charge in [-0.25, -0.2) is 8.42 Å². The van der Waals surface area contributed by atoms with E-state index in [2.05, 4.69) is 5.32 Å². The molecule has 1 aliphatic heterocycles. The molecule has 6 nitrogen and oxygen atoms in total. The smallest absolute Gasteiger partial charge is 0.243 e. The number of hydrogen-bond acceptors (Lipinski definition) is 4. The van der Waals surface area contributed by atoms with Crippen molar-refractivity contribution in [2.75, 3.05) is 19.7 Å². The van der Waals surface area contributed by atoms with Crippen LogP contribution in [0.5, 0.6) is 5.75 Å². The van der Waals surface area contributed by atoms with Crippen LogP contribution >= 0.6 is 11.6 Å². The Hall–Kier alpha value is -2.09. The predicted octanol–water partition coefficient (Wildman–Crippen LogP) is 3.63. The minimum atomic E-state index is -3.65. The van der Waals surface area contributed by atoms with Crippen LogP contribution in [0.1, 0.15) is 25.3 Å². The molecule has 3 rings (SSSR count). The maximum atomic E-state index is 12.9. The number of para-hydroxylation sites is 1. The third-order valence-electron chi connectivity index (χ3n) is 5.18. The van der Waals surface area contributed by atoms with E-state index in [0.717, 1.165) is 11.3 Å². The van der Waals surface area contributed by atoms with Gasteiger partial charge in [0.1, 0.15) is 12.4 Å². The number of hydrogen-bond donors (Lipinski definition) is 1. The van der Waals surface area contributed by atoms with Crippen molar-refractivity contribution in [1.82, 2.24) is 9.62 Å². The Morgan fingerprint density at radius 1 is 1.23 bits per heavy atom. The molecule has 2 unspecified atom stereocenters. The van der Waals surface area contributed by atoms with Gasteiger partial charge in [0, 0.05) is 18.1 Å². The monoisotopic (exact) mass is 450 g/mol. The maximum absolute atomic E-state index is 12.9. The lowest BCUT2D eigenvalue weighted by atomic mass is 9.98. The molecule has 0 saturated carbocycles. The third-order valence-corrected chi connectivity index (χ3v) is 7.31. The molecule has 0 spiro atoms. The molecule has 0 aliphatic carbocycles. The van der Waals surface area contributed by atoms with E-state index in [1.807, 2.05) is 38.1 Å². The molecule has 2 atom stereocenters. The Morgan fingerprint density at radius 2 is 1.93 bits per heavy atom. The van der Waals surface area contributed by atoms with E-state index < -0.39 is 10.0 Å². The van der Waals surface area contributed by atoms with Gasteiger partial charge < -0.3 is 10.1 Å². The van der Waals surface area contributed by atoms with Gasteiger partial charge in [-0.3, -0.25) is 4.79 Å². The van der Waals surface area contributed by atoms with Crippen molar-refractivity contribution in [3.05, 3.63) is 59.1 Å². The van der Waals surface area contributed by atoms with Gasteiger partial charge in [-0.05, 0) is 62.6 Å². The second-order valence-corrected chi connectivity index (χ2v) is 10.0. The number of nitrogens with zero attached hydrogens (tertiary/aromatic N) is 1. The van der Waals surface area contributed by atoms with Gasteiger partial charge in [-0.15, -0.1) is 0 Å². The molecule has 0 aromatic heterocycles. The topological polar surface area (TPSA) is 75.7 Å². The second-order valence-electron chi connectivity index (χ2n) is 7.64. The Kier molecular flexibility index (Phi) is 7.39. The summed E-state index contributed by atoms with van der Waals surface area (Å²) in [5.41, 5.74) is 1.03. The van der Waals surface area contributed by atoms with Gasteiger partial charge in [-0.1, -0.05) is 29.8 Å². The van der Waals surface area contributed by atoms with Gasteiger partial charge >= 0.3 is 0 Å². The zero-order valence-electron chi connectivity index (χ0n) is 17.2. The van der Waals surface area contributed by atoms with Crippen LogP contribution in [-0.4, -0.2) is 44.4 Å². The summed E-state index contributed by atoms with van der Waals surface area (Å²) in [5, 5.41) is 3.43. The van der Waals surface area contributed by atoms with Crippen LogP contribution < -0.4 is 10.1 Å². The third kappa shape index (κ3) is 5.53. The van der Waals surface area contributed by atoms with Crippen LogP contribution in [0.15, 0.2) is 53.4 Å². The van der Waals surface area contributed by atoms with Gasteiger partial charge in [0.25, 0.3) is 0 Å². The van der Waals surface area contributed by atoms with Crippen molar-refractivity contribution in [3.63, 3.8) is 0 Å². The lowest BCUT2D eigenvalue weighted by molar-refractivity contribution is -0.126. The summed E-state index contributed by atoms with van der Waals surface area (Å²) in [6, 6.07) is 13.6. The minimum Gasteiger partial charge on any atom is -0.491 e. The highest BCUT2D eigenvalue weighted by atomic mass is 35.5. The summed E-state index contributed by atoms with van der Waals surface area (Å²) in [5.74, 6) is 0.255. The van der Waals surface area contributed by atoms with Gasteiger partial charge in [0.2, 0.25) is 15.9 Å². The Bertz CT molecular complexity index is 979. The summed E-state index contributed by atoms with van der Waals surface area (Å²) >= 11 is 5.86. The fourth-order valence-corrected chi connectivity index (χ4v) is 5.12. The molecular formula is C22H27ClN2O4S. The SMILES string of the molecule is Cc1ccccc1OCC(C)NC(=O)C1CCCN(S(=O)(=O)c2ccc(Cl)cc2)C1. The van der Waals surface area contributed by atoms with E-state index in [1.165, 1.54) is 16.4 Å². The van der Waals surface area contributed by atoms with Gasteiger partial charge in [0.05, 0.1) is 16.9 Å². The van der Waals surface area contributed by atoms with Crippen molar-refractivity contribution in [2.45, 2.75) is 37.6 Å². The Balaban J connectivity index is 1.57. The van der Waals surface area contributed by atoms with Crippen LogP contribution in [0.4, 0.5) is 0 Å². The number of piperidine rings is 1. The van der Waals surface area contributed by atoms with E-state index in [0.29, 0.717) is 31.0 Å². The number of rotatable bonds is 7. The standard InChI is InChI=1S/C22H27ClN2O4S/c1-16-6-3-4-8-21(16)29-15-17(2)24-22(26)18-7-5-13-25(14-18)30(27,28)20-11-9-19(23)10-12-20/h3-4,6,8-12,17-18H,5,7,13-15H2,1-2H3,(H,24,26). The molecule has 162 valence electrons. The van der Waals surface area contributed by atoms with Crippen molar-refractivity contribution in [2.24, 2.45) is 5.92 Å². The first-order valence-corrected chi connectivity index (χ1v) is 11.8. The number of carbonyl (C=O) groups excluding carboxylic acids is 1. The summed E-state index contributed by atoms with van der Waals surface area (Å²) in [7, 11) is -3.65. The first-order chi connectivity index (χ1) is 14.3. The molecule has 2 aromatic rings. The number of aryl methyl sites for hydroxylation is 1. The van der Waals surface area contributed by atoms with Crippen molar-refractivity contribution in [1.29, 1.82) is 0 Å². The summed E-state index contributed by atoms with van der Waals surface area (Å²) in [4.78, 5) is 12.9. The maximum Gasteiger partial charge on any atom is 0.243 e. The first kappa shape index (κ1) is 22.6. The summed E-state index contributed by atoms with van der Waals surface area (Å²) in [6.07, 6.45) is 1.29. The average molecular weight is 451 g/mol. The highest BCUT2D eigenvalue weighted by molar-refractivity contribution is 7.89. The number of ether oxygens (including phenoxy) is 1. The summed E-state index contributed by atoms with van der Waals surface area (Å²) < 4.78 is 33.0. The predicted molar refractivity (Wildman–Crippen MR) is 117 cm³/mol. The molecule has 1 aliphatic rings. The molecular weight excluding hydrogens is 424 g/mol. The Labute approximate surface area is 183 Å². The van der Waals surface area contributed by atoms with E-state index in [1.54, 1.807) is 12.1 Å². The number of halogens is 1. The highest BCUT2D eigenvalue weighted by Gasteiger charge is 2.33. The summed E-state index contributed by atoms with van der Waals surface area (Å²) in [6.45, 7) is 4.76. The van der Waals surface area contributed by atoms with Crippen LogP contribution in [0.3, 0.4) is 0 Å². The number of nitrogens with one attached hydrogen (secondary N) is 1. The zero-order valence-corrected chi connectivity index (χ0v) is 18.7. The lowest BCUT2D eigenvalue weighted by Gasteiger charge is -2.31. The quantitative estimate of drug-likeness (QED) is 0.698.